The minimum atomic E-state index is -3.75. The second kappa shape index (κ2) is 8.20. The van der Waals surface area contributed by atoms with Crippen LogP contribution in [0.15, 0.2) is 46.2 Å². The van der Waals surface area contributed by atoms with Crippen molar-refractivity contribution in [3.05, 3.63) is 63.3 Å². The number of hydrogen-bond donors (Lipinski definition) is 0. The Bertz CT molecular complexity index is 1000. The Morgan fingerprint density at radius 1 is 1.19 bits per heavy atom. The highest BCUT2D eigenvalue weighted by molar-refractivity contribution is 7.89. The first-order valence-corrected chi connectivity index (χ1v) is 9.65. The van der Waals surface area contributed by atoms with Gasteiger partial charge >= 0.3 is 0 Å². The molecule has 1 aromatic carbocycles. The molecule has 1 heterocycles. The van der Waals surface area contributed by atoms with E-state index in [0.717, 1.165) is 21.1 Å². The number of sulfonamides is 1. The van der Waals surface area contributed by atoms with E-state index in [1.165, 1.54) is 50.3 Å². The number of likely N-dealkylation sites (N-methyl/N-ethyl adjacent to an activating group) is 1. The standard InChI is InChI=1S/C17H19ClFN3O4S/c1-20(2)27(25,26)12-7-8-16(23)22(9-12)11-17(24)21(3)10-13-14(18)5-4-6-15(13)19/h4-9H,10-11H2,1-3H3. The van der Waals surface area contributed by atoms with Gasteiger partial charge in [-0.3, -0.25) is 9.59 Å². The van der Waals surface area contributed by atoms with E-state index in [2.05, 4.69) is 0 Å². The van der Waals surface area contributed by atoms with Crippen LogP contribution in [-0.4, -0.2) is 49.2 Å². The van der Waals surface area contributed by atoms with Crippen LogP contribution in [0.5, 0.6) is 0 Å². The minimum absolute atomic E-state index is 0.0885. The minimum Gasteiger partial charge on any atom is -0.340 e. The van der Waals surface area contributed by atoms with Crippen molar-refractivity contribution in [1.29, 1.82) is 0 Å². The van der Waals surface area contributed by atoms with Gasteiger partial charge in [-0.2, -0.15) is 0 Å². The van der Waals surface area contributed by atoms with Crippen LogP contribution in [0.4, 0.5) is 4.39 Å². The molecule has 146 valence electrons. The predicted molar refractivity (Wildman–Crippen MR) is 99.5 cm³/mol. The van der Waals surface area contributed by atoms with Crippen molar-refractivity contribution in [2.45, 2.75) is 18.0 Å². The SMILES string of the molecule is CN(Cc1c(F)cccc1Cl)C(=O)Cn1cc(S(=O)(=O)N(C)C)ccc1=O. The van der Waals surface area contributed by atoms with E-state index in [-0.39, 0.29) is 22.0 Å². The molecule has 0 aliphatic carbocycles. The van der Waals surface area contributed by atoms with Crippen molar-refractivity contribution in [2.75, 3.05) is 21.1 Å². The molecule has 1 aromatic heterocycles. The average Bonchev–Trinajstić information content (AvgIpc) is 2.59. The highest BCUT2D eigenvalue weighted by atomic mass is 35.5. The number of hydrogen-bond acceptors (Lipinski definition) is 4. The summed E-state index contributed by atoms with van der Waals surface area (Å²) in [5.74, 6) is -1.05. The van der Waals surface area contributed by atoms with Crippen LogP contribution in [0.25, 0.3) is 0 Å². The Labute approximate surface area is 161 Å². The van der Waals surface area contributed by atoms with Crippen LogP contribution < -0.4 is 5.56 Å². The fourth-order valence-corrected chi connectivity index (χ4v) is 3.42. The summed E-state index contributed by atoms with van der Waals surface area (Å²) < 4.78 is 40.3. The van der Waals surface area contributed by atoms with Crippen LogP contribution in [0, 0.1) is 5.82 Å². The van der Waals surface area contributed by atoms with Crippen LogP contribution in [-0.2, 0) is 27.9 Å². The Balaban J connectivity index is 2.24. The smallest absolute Gasteiger partial charge is 0.251 e. The summed E-state index contributed by atoms with van der Waals surface area (Å²) >= 11 is 5.96. The number of rotatable bonds is 6. The van der Waals surface area contributed by atoms with Gasteiger partial charge in [0.15, 0.2) is 0 Å². The van der Waals surface area contributed by atoms with E-state index in [4.69, 9.17) is 11.6 Å². The van der Waals surface area contributed by atoms with Crippen molar-refractivity contribution in [3.8, 4) is 0 Å². The summed E-state index contributed by atoms with van der Waals surface area (Å²) in [5.41, 5.74) is -0.371. The van der Waals surface area contributed by atoms with E-state index in [9.17, 15) is 22.4 Å². The Kier molecular flexibility index (Phi) is 6.40. The van der Waals surface area contributed by atoms with Crippen LogP contribution in [0.2, 0.25) is 5.02 Å². The van der Waals surface area contributed by atoms with Gasteiger partial charge in [0.05, 0.1) is 4.90 Å². The summed E-state index contributed by atoms with van der Waals surface area (Å²) in [6, 6.07) is 6.47. The lowest BCUT2D eigenvalue weighted by Gasteiger charge is -2.19. The van der Waals surface area contributed by atoms with Crippen molar-refractivity contribution in [1.82, 2.24) is 13.8 Å². The third-order valence-electron chi connectivity index (χ3n) is 3.92. The van der Waals surface area contributed by atoms with E-state index in [1.807, 2.05) is 0 Å². The molecule has 0 atom stereocenters. The zero-order chi connectivity index (χ0) is 20.4. The molecule has 2 rings (SSSR count). The number of pyridine rings is 1. The number of nitrogens with zero attached hydrogens (tertiary/aromatic N) is 3. The lowest BCUT2D eigenvalue weighted by molar-refractivity contribution is -0.131. The number of carbonyl (C=O) groups is 1. The number of halogens is 2. The molecule has 2 aromatic rings. The molecular weight excluding hydrogens is 397 g/mol. The highest BCUT2D eigenvalue weighted by Crippen LogP contribution is 2.20. The second-order valence-corrected chi connectivity index (χ2v) is 8.63. The topological polar surface area (TPSA) is 79.7 Å². The molecular formula is C17H19ClFN3O4S. The van der Waals surface area contributed by atoms with Gasteiger partial charge in [0.25, 0.3) is 5.56 Å². The second-order valence-electron chi connectivity index (χ2n) is 6.07. The fourth-order valence-electron chi connectivity index (χ4n) is 2.27. The number of carbonyl (C=O) groups excluding carboxylic acids is 1. The number of amides is 1. The van der Waals surface area contributed by atoms with E-state index in [0.29, 0.717) is 0 Å². The van der Waals surface area contributed by atoms with E-state index >= 15 is 0 Å². The first-order valence-electron chi connectivity index (χ1n) is 7.84. The highest BCUT2D eigenvalue weighted by Gasteiger charge is 2.20. The Morgan fingerprint density at radius 2 is 1.85 bits per heavy atom. The van der Waals surface area contributed by atoms with Crippen LogP contribution in [0.3, 0.4) is 0 Å². The molecule has 0 radical (unpaired) electrons. The third-order valence-corrected chi connectivity index (χ3v) is 6.08. The van der Waals surface area contributed by atoms with Gasteiger partial charge in [0.1, 0.15) is 12.4 Å². The van der Waals surface area contributed by atoms with Gasteiger partial charge in [-0.25, -0.2) is 17.1 Å². The van der Waals surface area contributed by atoms with Crippen LogP contribution in [0.1, 0.15) is 5.56 Å². The molecule has 0 bridgehead atoms. The van der Waals surface area contributed by atoms with Crippen molar-refractivity contribution >= 4 is 27.5 Å². The Hall–Kier alpha value is -2.23. The van der Waals surface area contributed by atoms with E-state index in [1.54, 1.807) is 0 Å². The monoisotopic (exact) mass is 415 g/mol. The summed E-state index contributed by atoms with van der Waals surface area (Å²) in [7, 11) is 0.417. The molecule has 0 saturated heterocycles. The van der Waals surface area contributed by atoms with Crippen molar-refractivity contribution < 1.29 is 17.6 Å². The predicted octanol–water partition coefficient (Wildman–Crippen LogP) is 1.55. The lowest BCUT2D eigenvalue weighted by atomic mass is 10.2. The molecule has 10 heteroatoms. The van der Waals surface area contributed by atoms with Gasteiger partial charge in [-0.15, -0.1) is 0 Å². The molecule has 27 heavy (non-hydrogen) atoms. The Morgan fingerprint density at radius 3 is 2.44 bits per heavy atom. The van der Waals surface area contributed by atoms with E-state index < -0.39 is 33.9 Å². The fraction of sp³-hybridized carbons (Fsp3) is 0.294. The average molecular weight is 416 g/mol. The van der Waals surface area contributed by atoms with Gasteiger partial charge in [0, 0.05) is 50.5 Å². The zero-order valence-corrected chi connectivity index (χ0v) is 16.6. The lowest BCUT2D eigenvalue weighted by Crippen LogP contribution is -2.34. The molecule has 0 aliphatic rings. The molecule has 7 nitrogen and oxygen atoms in total. The largest absolute Gasteiger partial charge is 0.340 e. The zero-order valence-electron chi connectivity index (χ0n) is 15.0. The molecule has 0 fully saturated rings. The maximum absolute atomic E-state index is 13.9. The van der Waals surface area contributed by atoms with Crippen molar-refractivity contribution in [2.24, 2.45) is 0 Å². The van der Waals surface area contributed by atoms with Crippen molar-refractivity contribution in [3.63, 3.8) is 0 Å². The van der Waals surface area contributed by atoms with Gasteiger partial charge in [0.2, 0.25) is 15.9 Å². The summed E-state index contributed by atoms with van der Waals surface area (Å²) in [6.07, 6.45) is 1.11. The summed E-state index contributed by atoms with van der Waals surface area (Å²) in [5, 5.41) is 0.186. The molecule has 0 spiro atoms. The van der Waals surface area contributed by atoms with Gasteiger partial charge in [-0.05, 0) is 18.2 Å². The normalized spacial score (nSPS) is 11.6. The molecule has 0 N–H and O–H groups in total. The maximum atomic E-state index is 13.9. The first kappa shape index (κ1) is 21.1. The third kappa shape index (κ3) is 4.74. The summed E-state index contributed by atoms with van der Waals surface area (Å²) in [4.78, 5) is 25.5. The van der Waals surface area contributed by atoms with Crippen LogP contribution >= 0.6 is 11.6 Å². The quantitative estimate of drug-likeness (QED) is 0.717. The van der Waals surface area contributed by atoms with Gasteiger partial charge < -0.3 is 9.47 Å². The number of aromatic nitrogens is 1. The molecule has 1 amide bonds. The molecule has 0 saturated carbocycles. The van der Waals surface area contributed by atoms with Gasteiger partial charge in [-0.1, -0.05) is 17.7 Å². The first-order chi connectivity index (χ1) is 12.5. The number of benzene rings is 1. The maximum Gasteiger partial charge on any atom is 0.251 e. The summed E-state index contributed by atoms with van der Waals surface area (Å²) in [6.45, 7) is -0.479. The molecule has 0 aliphatic heterocycles. The molecule has 0 unspecified atom stereocenters.